The molecule has 0 saturated heterocycles. The third kappa shape index (κ3) is 2.80. The molecule has 1 fully saturated rings. The van der Waals surface area contributed by atoms with Crippen LogP contribution in [-0.4, -0.2) is 30.6 Å². The molecule has 2 nitrogen and oxygen atoms in total. The number of nitrogens with two attached hydrogens (primary N) is 1. The van der Waals surface area contributed by atoms with Gasteiger partial charge < -0.3 is 10.6 Å². The van der Waals surface area contributed by atoms with Gasteiger partial charge in [0.05, 0.1) is 0 Å². The summed E-state index contributed by atoms with van der Waals surface area (Å²) in [6, 6.07) is 1.23. The molecular formula is C9H20N2. The lowest BCUT2D eigenvalue weighted by atomic mass is 9.92. The van der Waals surface area contributed by atoms with E-state index in [0.717, 1.165) is 12.5 Å². The van der Waals surface area contributed by atoms with E-state index in [2.05, 4.69) is 18.9 Å². The maximum Gasteiger partial charge on any atom is 0.00922 e. The standard InChI is InChI=1S/C9H20N2/c1-8(10)6-7-11(2)9-4-3-5-9/h8-9H,3-7,10H2,1-2H3. The summed E-state index contributed by atoms with van der Waals surface area (Å²) in [4.78, 5) is 2.45. The molecule has 0 aromatic rings. The van der Waals surface area contributed by atoms with Gasteiger partial charge in [0.1, 0.15) is 0 Å². The molecule has 11 heavy (non-hydrogen) atoms. The second kappa shape index (κ2) is 4.07. The molecule has 0 spiro atoms. The van der Waals surface area contributed by atoms with Crippen molar-refractivity contribution in [2.45, 2.75) is 44.7 Å². The molecule has 1 rings (SSSR count). The van der Waals surface area contributed by atoms with E-state index in [-0.39, 0.29) is 0 Å². The summed E-state index contributed by atoms with van der Waals surface area (Å²) in [6.07, 6.45) is 5.35. The maximum absolute atomic E-state index is 5.67. The first-order chi connectivity index (χ1) is 5.20. The van der Waals surface area contributed by atoms with Gasteiger partial charge in [0.2, 0.25) is 0 Å². The van der Waals surface area contributed by atoms with Crippen molar-refractivity contribution in [2.24, 2.45) is 5.73 Å². The highest BCUT2D eigenvalue weighted by Crippen LogP contribution is 2.23. The fourth-order valence-corrected chi connectivity index (χ4v) is 1.42. The van der Waals surface area contributed by atoms with Gasteiger partial charge in [0.15, 0.2) is 0 Å². The zero-order chi connectivity index (χ0) is 8.27. The van der Waals surface area contributed by atoms with Gasteiger partial charge in [0, 0.05) is 12.1 Å². The average Bonchev–Trinajstić information content (AvgIpc) is 1.79. The molecule has 0 radical (unpaired) electrons. The molecule has 0 aromatic carbocycles. The second-order valence-corrected chi connectivity index (χ2v) is 3.83. The van der Waals surface area contributed by atoms with E-state index in [1.807, 2.05) is 0 Å². The number of rotatable bonds is 4. The van der Waals surface area contributed by atoms with Crippen LogP contribution < -0.4 is 5.73 Å². The molecule has 66 valence electrons. The van der Waals surface area contributed by atoms with Crippen molar-refractivity contribution in [1.82, 2.24) is 4.90 Å². The number of nitrogens with zero attached hydrogens (tertiary/aromatic N) is 1. The molecule has 0 amide bonds. The normalized spacial score (nSPS) is 21.8. The monoisotopic (exact) mass is 156 g/mol. The minimum atomic E-state index is 0.359. The lowest BCUT2D eigenvalue weighted by Gasteiger charge is -2.35. The van der Waals surface area contributed by atoms with Crippen LogP contribution in [0.1, 0.15) is 32.6 Å². The van der Waals surface area contributed by atoms with Crippen LogP contribution in [0.5, 0.6) is 0 Å². The smallest absolute Gasteiger partial charge is 0.00922 e. The summed E-state index contributed by atoms with van der Waals surface area (Å²) in [5, 5.41) is 0. The van der Waals surface area contributed by atoms with Crippen LogP contribution in [0.2, 0.25) is 0 Å². The summed E-state index contributed by atoms with van der Waals surface area (Å²) in [5.41, 5.74) is 5.67. The molecular weight excluding hydrogens is 136 g/mol. The average molecular weight is 156 g/mol. The van der Waals surface area contributed by atoms with Crippen molar-refractivity contribution in [3.63, 3.8) is 0 Å². The van der Waals surface area contributed by atoms with E-state index in [9.17, 15) is 0 Å². The SMILES string of the molecule is CC(N)CCN(C)C1CCC1. The Kier molecular flexibility index (Phi) is 3.34. The van der Waals surface area contributed by atoms with Crippen molar-refractivity contribution in [1.29, 1.82) is 0 Å². The van der Waals surface area contributed by atoms with E-state index >= 15 is 0 Å². The quantitative estimate of drug-likeness (QED) is 0.663. The van der Waals surface area contributed by atoms with Crippen molar-refractivity contribution in [3.8, 4) is 0 Å². The number of hydrogen-bond donors (Lipinski definition) is 1. The van der Waals surface area contributed by atoms with Gasteiger partial charge in [-0.3, -0.25) is 0 Å². The first-order valence-corrected chi connectivity index (χ1v) is 4.66. The first kappa shape index (κ1) is 9.01. The third-order valence-corrected chi connectivity index (χ3v) is 2.64. The summed E-state index contributed by atoms with van der Waals surface area (Å²) < 4.78 is 0. The molecule has 1 aliphatic carbocycles. The van der Waals surface area contributed by atoms with Crippen molar-refractivity contribution in [3.05, 3.63) is 0 Å². The molecule has 2 heteroatoms. The van der Waals surface area contributed by atoms with Crippen molar-refractivity contribution < 1.29 is 0 Å². The first-order valence-electron chi connectivity index (χ1n) is 4.66. The minimum Gasteiger partial charge on any atom is -0.328 e. The van der Waals surface area contributed by atoms with Gasteiger partial charge in [-0.25, -0.2) is 0 Å². The van der Waals surface area contributed by atoms with Crippen molar-refractivity contribution >= 4 is 0 Å². The lowest BCUT2D eigenvalue weighted by molar-refractivity contribution is 0.156. The fourth-order valence-electron chi connectivity index (χ4n) is 1.42. The highest BCUT2D eigenvalue weighted by atomic mass is 15.1. The van der Waals surface area contributed by atoms with E-state index < -0.39 is 0 Å². The summed E-state index contributed by atoms with van der Waals surface area (Å²) in [5.74, 6) is 0. The van der Waals surface area contributed by atoms with Crippen LogP contribution in [0, 0.1) is 0 Å². The largest absolute Gasteiger partial charge is 0.328 e. The van der Waals surface area contributed by atoms with Crippen LogP contribution in [0.25, 0.3) is 0 Å². The fraction of sp³-hybridized carbons (Fsp3) is 1.00. The van der Waals surface area contributed by atoms with Crippen LogP contribution >= 0.6 is 0 Å². The summed E-state index contributed by atoms with van der Waals surface area (Å²) in [6.45, 7) is 3.25. The Hall–Kier alpha value is -0.0800. The van der Waals surface area contributed by atoms with Gasteiger partial charge >= 0.3 is 0 Å². The van der Waals surface area contributed by atoms with Gasteiger partial charge in [-0.15, -0.1) is 0 Å². The molecule has 0 aromatic heterocycles. The van der Waals surface area contributed by atoms with Crippen LogP contribution in [0.4, 0.5) is 0 Å². The predicted octanol–water partition coefficient (Wildman–Crippen LogP) is 1.21. The van der Waals surface area contributed by atoms with Crippen LogP contribution in [0.3, 0.4) is 0 Å². The van der Waals surface area contributed by atoms with Crippen LogP contribution in [-0.2, 0) is 0 Å². The highest BCUT2D eigenvalue weighted by molar-refractivity contribution is 4.78. The third-order valence-electron chi connectivity index (χ3n) is 2.64. The molecule has 1 atom stereocenters. The minimum absolute atomic E-state index is 0.359. The highest BCUT2D eigenvalue weighted by Gasteiger charge is 2.21. The molecule has 0 heterocycles. The molecule has 1 unspecified atom stereocenters. The van der Waals surface area contributed by atoms with E-state index in [0.29, 0.717) is 6.04 Å². The van der Waals surface area contributed by atoms with Gasteiger partial charge in [0.25, 0.3) is 0 Å². The Morgan fingerprint density at radius 3 is 2.55 bits per heavy atom. The number of hydrogen-bond acceptors (Lipinski definition) is 2. The Labute approximate surface area is 69.8 Å². The van der Waals surface area contributed by atoms with Gasteiger partial charge in [-0.2, -0.15) is 0 Å². The summed E-state index contributed by atoms with van der Waals surface area (Å²) >= 11 is 0. The zero-order valence-corrected chi connectivity index (χ0v) is 7.71. The molecule has 1 saturated carbocycles. The van der Waals surface area contributed by atoms with E-state index in [1.54, 1.807) is 0 Å². The Bertz CT molecular complexity index is 108. The Balaban J connectivity index is 2.05. The molecule has 0 aliphatic heterocycles. The predicted molar refractivity (Wildman–Crippen MR) is 48.5 cm³/mol. The Morgan fingerprint density at radius 1 is 1.55 bits per heavy atom. The molecule has 0 bridgehead atoms. The van der Waals surface area contributed by atoms with Gasteiger partial charge in [-0.1, -0.05) is 6.42 Å². The van der Waals surface area contributed by atoms with E-state index in [1.165, 1.54) is 25.8 Å². The topological polar surface area (TPSA) is 29.3 Å². The Morgan fingerprint density at radius 2 is 2.18 bits per heavy atom. The van der Waals surface area contributed by atoms with E-state index in [4.69, 9.17) is 5.73 Å². The molecule has 1 aliphatic rings. The lowest BCUT2D eigenvalue weighted by Crippen LogP contribution is -2.39. The second-order valence-electron chi connectivity index (χ2n) is 3.83. The maximum atomic E-state index is 5.67. The molecule has 2 N–H and O–H groups in total. The zero-order valence-electron chi connectivity index (χ0n) is 7.71. The van der Waals surface area contributed by atoms with Crippen molar-refractivity contribution in [2.75, 3.05) is 13.6 Å². The van der Waals surface area contributed by atoms with Crippen LogP contribution in [0.15, 0.2) is 0 Å². The van der Waals surface area contributed by atoms with Gasteiger partial charge in [-0.05, 0) is 39.8 Å². The summed E-state index contributed by atoms with van der Waals surface area (Å²) in [7, 11) is 2.21.